The van der Waals surface area contributed by atoms with E-state index in [0.717, 1.165) is 6.42 Å². The maximum atomic E-state index is 17.1. The second-order valence-electron chi connectivity index (χ2n) is 16.4. The summed E-state index contributed by atoms with van der Waals surface area (Å²) < 4.78 is 78.0. The first kappa shape index (κ1) is 37.2. The fourth-order valence-electron chi connectivity index (χ4n) is 9.67. The third-order valence-corrected chi connectivity index (χ3v) is 12.5. The van der Waals surface area contributed by atoms with Gasteiger partial charge in [0.1, 0.15) is 35.2 Å². The van der Waals surface area contributed by atoms with Crippen LogP contribution in [-0.2, 0) is 14.3 Å². The Labute approximate surface area is 325 Å². The van der Waals surface area contributed by atoms with E-state index >= 15 is 4.39 Å². The van der Waals surface area contributed by atoms with Gasteiger partial charge in [0.15, 0.2) is 5.82 Å². The Balaban J connectivity index is 1.09. The Morgan fingerprint density at radius 3 is 2.54 bits per heavy atom. The average molecular weight is 789 g/mol. The van der Waals surface area contributed by atoms with Crippen LogP contribution in [0.25, 0.3) is 32.9 Å². The number of piperazine rings is 1. The highest BCUT2D eigenvalue weighted by Crippen LogP contribution is 2.69. The van der Waals surface area contributed by atoms with E-state index in [2.05, 4.69) is 20.8 Å². The molecule has 5 fully saturated rings. The van der Waals surface area contributed by atoms with Crippen molar-refractivity contribution in [3.8, 4) is 35.4 Å². The van der Waals surface area contributed by atoms with Crippen molar-refractivity contribution in [2.24, 2.45) is 11.3 Å². The number of anilines is 1. The Morgan fingerprint density at radius 2 is 1.84 bits per heavy atom. The Kier molecular flexibility index (Phi) is 8.69. The number of aromatic hydroxyl groups is 1. The highest BCUT2D eigenvalue weighted by Gasteiger charge is 2.77. The number of carbonyl (C=O) groups excluding carboxylic acids is 2. The van der Waals surface area contributed by atoms with Gasteiger partial charge in [0.25, 0.3) is 5.92 Å². The molecule has 4 saturated heterocycles. The molecular formula is C41H40F4N6O6. The van der Waals surface area contributed by atoms with Gasteiger partial charge >= 0.3 is 18.1 Å². The number of halogens is 4. The van der Waals surface area contributed by atoms with E-state index in [1.165, 1.54) is 30.5 Å². The molecule has 16 heteroatoms. The smallest absolute Gasteiger partial charge is 0.413 e. The van der Waals surface area contributed by atoms with E-state index < -0.39 is 47.4 Å². The number of phenols is 1. The van der Waals surface area contributed by atoms with Crippen molar-refractivity contribution in [2.45, 2.75) is 75.9 Å². The summed E-state index contributed by atoms with van der Waals surface area (Å²) >= 11 is 0. The SMILES string of the molecule is C#Cc1c(F)ccc2cc(O)cc(-c3ncc4c(N5C[C@H]6CC[C@@H](C5)N6C(=O)OCOC(=O)C(C)C)nc(OCC56CCCN5CC5(C6)CC5(F)F)nc4c3F)c12. The lowest BCUT2D eigenvalue weighted by Crippen LogP contribution is -2.56. The number of fused-ring (bicyclic) bond motifs is 5. The number of hydrogen-bond donors (Lipinski definition) is 1. The van der Waals surface area contributed by atoms with Crippen molar-refractivity contribution in [1.82, 2.24) is 24.8 Å². The second-order valence-corrected chi connectivity index (χ2v) is 16.4. The summed E-state index contributed by atoms with van der Waals surface area (Å²) in [5.41, 5.74) is -2.22. The van der Waals surface area contributed by atoms with Gasteiger partial charge in [-0.2, -0.15) is 9.97 Å². The molecule has 2 unspecified atom stereocenters. The molecule has 1 aliphatic carbocycles. The van der Waals surface area contributed by atoms with Crippen LogP contribution in [0.15, 0.2) is 30.5 Å². The van der Waals surface area contributed by atoms with Crippen LogP contribution < -0.4 is 9.64 Å². The van der Waals surface area contributed by atoms with Crippen LogP contribution in [0.3, 0.4) is 0 Å². The Hall–Kier alpha value is -5.43. The lowest BCUT2D eigenvalue weighted by molar-refractivity contribution is -0.156. The number of aromatic nitrogens is 3. The standard InChI is InChI=1S/C41H40F4N6O6/c1-4-27-30(42)9-6-23-12-26(52)13-28(31(23)27)33-32(43)34-29(14-46-33)35(49-15-24-7-8-25(16-49)51(24)38(54)57-21-56-36(53)22(2)3)48-37(47-34)55-20-40-10-5-11-50(40)19-39(17-40)18-41(39,44)45/h1,6,9,12-14,22,24-25,52H,5,7-8,10-11,15-21H2,2-3H3/t24-,25+,39?,40?. The number of terminal acetylenes is 1. The first-order valence-corrected chi connectivity index (χ1v) is 19.1. The molecule has 2 aromatic carbocycles. The molecular weight excluding hydrogens is 748 g/mol. The van der Waals surface area contributed by atoms with Gasteiger partial charge in [-0.1, -0.05) is 25.8 Å². The van der Waals surface area contributed by atoms with Crippen LogP contribution in [-0.4, -0.2) is 105 Å². The number of carbonyl (C=O) groups is 2. The highest BCUT2D eigenvalue weighted by atomic mass is 19.3. The third-order valence-electron chi connectivity index (χ3n) is 12.5. The van der Waals surface area contributed by atoms with Crippen LogP contribution in [0.5, 0.6) is 11.8 Å². The molecule has 1 spiro atoms. The van der Waals surface area contributed by atoms with Crippen LogP contribution in [0.1, 0.15) is 57.9 Å². The van der Waals surface area contributed by atoms with E-state index in [1.807, 2.05) is 4.90 Å². The van der Waals surface area contributed by atoms with Crippen LogP contribution in [0, 0.1) is 35.3 Å². The number of rotatable bonds is 8. The van der Waals surface area contributed by atoms with Gasteiger partial charge in [-0.15, -0.1) is 6.42 Å². The van der Waals surface area contributed by atoms with Gasteiger partial charge in [0.05, 0.1) is 39.9 Å². The van der Waals surface area contributed by atoms with Crippen LogP contribution in [0.4, 0.5) is 28.2 Å². The predicted octanol–water partition coefficient (Wildman–Crippen LogP) is 6.40. The zero-order valence-electron chi connectivity index (χ0n) is 31.4. The molecule has 4 aromatic rings. The minimum Gasteiger partial charge on any atom is -0.508 e. The third kappa shape index (κ3) is 6.04. The number of pyridine rings is 1. The summed E-state index contributed by atoms with van der Waals surface area (Å²) in [6.07, 6.45) is 9.38. The summed E-state index contributed by atoms with van der Waals surface area (Å²) in [7, 11) is 0. The molecule has 1 saturated carbocycles. The summed E-state index contributed by atoms with van der Waals surface area (Å²) in [6, 6.07) is 4.44. The molecule has 9 rings (SSSR count). The number of phenolic OH excluding ortho intramolecular Hbond substituents is 1. The van der Waals surface area contributed by atoms with E-state index in [9.17, 15) is 27.9 Å². The van der Waals surface area contributed by atoms with Crippen molar-refractivity contribution in [1.29, 1.82) is 0 Å². The number of hydrogen-bond acceptors (Lipinski definition) is 11. The molecule has 298 valence electrons. The molecule has 4 aliphatic heterocycles. The average Bonchev–Trinajstić information content (AvgIpc) is 3.44. The van der Waals surface area contributed by atoms with Crippen molar-refractivity contribution < 1.29 is 46.5 Å². The molecule has 5 aliphatic rings. The maximum absolute atomic E-state index is 17.1. The van der Waals surface area contributed by atoms with Crippen molar-refractivity contribution in [3.05, 3.63) is 47.7 Å². The molecule has 6 heterocycles. The molecule has 0 radical (unpaired) electrons. The maximum Gasteiger partial charge on any atom is 0.413 e. The van der Waals surface area contributed by atoms with Crippen LogP contribution in [0.2, 0.25) is 0 Å². The fraction of sp³-hybridized carbons (Fsp3) is 0.488. The van der Waals surface area contributed by atoms with E-state index in [0.29, 0.717) is 31.2 Å². The summed E-state index contributed by atoms with van der Waals surface area (Å²) in [5.74, 6) is -2.80. The number of amides is 1. The van der Waals surface area contributed by atoms with Gasteiger partial charge in [-0.05, 0) is 62.2 Å². The zero-order chi connectivity index (χ0) is 40.0. The first-order chi connectivity index (χ1) is 27.2. The molecule has 2 aromatic heterocycles. The van der Waals surface area contributed by atoms with Crippen molar-refractivity contribution >= 4 is 39.6 Å². The number of alkyl halides is 2. The number of esters is 1. The summed E-state index contributed by atoms with van der Waals surface area (Å²) in [5, 5.41) is 11.4. The lowest BCUT2D eigenvalue weighted by atomic mass is 9.89. The minimum absolute atomic E-state index is 0.0174. The van der Waals surface area contributed by atoms with Gasteiger partial charge < -0.3 is 24.2 Å². The van der Waals surface area contributed by atoms with Crippen molar-refractivity contribution in [3.63, 3.8) is 0 Å². The zero-order valence-corrected chi connectivity index (χ0v) is 31.4. The summed E-state index contributed by atoms with van der Waals surface area (Å²) in [6.45, 7) is 4.36. The monoisotopic (exact) mass is 788 g/mol. The number of ether oxygens (including phenoxy) is 3. The minimum atomic E-state index is -2.73. The van der Waals surface area contributed by atoms with Gasteiger partial charge in [0.2, 0.25) is 6.79 Å². The van der Waals surface area contributed by atoms with E-state index in [4.69, 9.17) is 25.6 Å². The highest BCUT2D eigenvalue weighted by molar-refractivity contribution is 6.03. The van der Waals surface area contributed by atoms with Gasteiger partial charge in [0, 0.05) is 43.2 Å². The number of nitrogens with zero attached hydrogens (tertiary/aromatic N) is 6. The molecule has 4 atom stereocenters. The van der Waals surface area contributed by atoms with E-state index in [-0.39, 0.29) is 108 Å². The van der Waals surface area contributed by atoms with Gasteiger partial charge in [-0.25, -0.2) is 22.4 Å². The first-order valence-electron chi connectivity index (χ1n) is 19.1. The Bertz CT molecular complexity index is 2380. The quantitative estimate of drug-likeness (QED) is 0.0922. The normalized spacial score (nSPS) is 26.0. The van der Waals surface area contributed by atoms with Crippen molar-refractivity contribution in [2.75, 3.05) is 44.5 Å². The van der Waals surface area contributed by atoms with Gasteiger partial charge in [-0.3, -0.25) is 19.6 Å². The molecule has 1 amide bonds. The fourth-order valence-corrected chi connectivity index (χ4v) is 9.67. The summed E-state index contributed by atoms with van der Waals surface area (Å²) in [4.78, 5) is 44.5. The predicted molar refractivity (Wildman–Crippen MR) is 199 cm³/mol. The number of benzene rings is 2. The largest absolute Gasteiger partial charge is 0.508 e. The molecule has 2 bridgehead atoms. The van der Waals surface area contributed by atoms with Crippen LogP contribution >= 0.6 is 0 Å². The molecule has 57 heavy (non-hydrogen) atoms. The second kappa shape index (κ2) is 13.3. The topological polar surface area (TPSA) is 130 Å². The van der Waals surface area contributed by atoms with E-state index in [1.54, 1.807) is 18.7 Å². The lowest BCUT2D eigenvalue weighted by Gasteiger charge is -2.41. The molecule has 12 nitrogen and oxygen atoms in total. The molecule has 1 N–H and O–H groups in total. The Morgan fingerprint density at radius 1 is 1.09 bits per heavy atom.